The summed E-state index contributed by atoms with van der Waals surface area (Å²) in [6, 6.07) is 11.9. The first-order valence-electron chi connectivity index (χ1n) is 10.2. The third-order valence-electron chi connectivity index (χ3n) is 6.21. The van der Waals surface area contributed by atoms with Gasteiger partial charge in [0.1, 0.15) is 5.75 Å². The van der Waals surface area contributed by atoms with Crippen LogP contribution in [-0.2, 0) is 6.54 Å². The van der Waals surface area contributed by atoms with Crippen molar-refractivity contribution >= 4 is 16.9 Å². The molecule has 1 aromatic heterocycles. The lowest BCUT2D eigenvalue weighted by atomic mass is 9.87. The Labute approximate surface area is 171 Å². The van der Waals surface area contributed by atoms with Crippen molar-refractivity contribution in [2.45, 2.75) is 39.3 Å². The Hall–Kier alpha value is -2.79. The summed E-state index contributed by atoms with van der Waals surface area (Å²) in [7, 11) is 1.73. The number of likely N-dealkylation sites (tertiary alicyclic amines) is 1. The Balaban J connectivity index is 1.69. The number of carbonyl (C=O) groups is 1. The second-order valence-electron chi connectivity index (χ2n) is 8.18. The lowest BCUT2D eigenvalue weighted by Gasteiger charge is -2.39. The number of benzene rings is 2. The molecule has 5 nitrogen and oxygen atoms in total. The fourth-order valence-electron chi connectivity index (χ4n) is 4.56. The first-order valence-corrected chi connectivity index (χ1v) is 10.2. The molecule has 29 heavy (non-hydrogen) atoms. The zero-order valence-electron chi connectivity index (χ0n) is 17.2. The van der Waals surface area contributed by atoms with Gasteiger partial charge < -0.3 is 14.8 Å². The molecule has 2 unspecified atom stereocenters. The van der Waals surface area contributed by atoms with E-state index < -0.39 is 5.97 Å². The van der Waals surface area contributed by atoms with Gasteiger partial charge in [-0.25, -0.2) is 4.79 Å². The highest BCUT2D eigenvalue weighted by Gasteiger charge is 2.29. The normalized spacial score (nSPS) is 20.1. The van der Waals surface area contributed by atoms with Crippen LogP contribution in [0.3, 0.4) is 0 Å². The lowest BCUT2D eigenvalue weighted by Crippen LogP contribution is -2.36. The number of rotatable bonds is 5. The fraction of sp³-hybridized carbons (Fsp3) is 0.375. The van der Waals surface area contributed by atoms with E-state index >= 15 is 0 Å². The van der Waals surface area contributed by atoms with Gasteiger partial charge in [0.15, 0.2) is 0 Å². The van der Waals surface area contributed by atoms with Gasteiger partial charge in [0.2, 0.25) is 0 Å². The van der Waals surface area contributed by atoms with Gasteiger partial charge in [0.25, 0.3) is 0 Å². The number of hydrogen-bond donors (Lipinski definition) is 2. The van der Waals surface area contributed by atoms with Crippen molar-refractivity contribution in [2.75, 3.05) is 13.7 Å². The van der Waals surface area contributed by atoms with Gasteiger partial charge >= 0.3 is 5.97 Å². The summed E-state index contributed by atoms with van der Waals surface area (Å²) in [4.78, 5) is 17.1. The van der Waals surface area contributed by atoms with Crippen molar-refractivity contribution < 1.29 is 14.6 Å². The van der Waals surface area contributed by atoms with Crippen LogP contribution in [0.5, 0.6) is 5.75 Å². The maximum absolute atomic E-state index is 11.2. The van der Waals surface area contributed by atoms with Gasteiger partial charge in [-0.15, -0.1) is 0 Å². The Morgan fingerprint density at radius 1 is 1.28 bits per heavy atom. The van der Waals surface area contributed by atoms with Crippen LogP contribution in [0.2, 0.25) is 0 Å². The van der Waals surface area contributed by atoms with Gasteiger partial charge in [-0.3, -0.25) is 4.90 Å². The first kappa shape index (κ1) is 19.5. The number of carboxylic acid groups (broad SMARTS) is 1. The molecule has 1 aliphatic rings. The smallest absolute Gasteiger partial charge is 0.335 e. The molecule has 1 fully saturated rings. The minimum atomic E-state index is -0.885. The van der Waals surface area contributed by atoms with Crippen LogP contribution in [0.25, 0.3) is 10.9 Å². The number of aromatic amines is 1. The number of methoxy groups -OCH3 is 1. The molecule has 3 aromatic rings. The Bertz CT molecular complexity index is 1020. The van der Waals surface area contributed by atoms with Crippen molar-refractivity contribution in [3.05, 3.63) is 64.8 Å². The van der Waals surface area contributed by atoms with Gasteiger partial charge in [0.05, 0.1) is 12.7 Å². The summed E-state index contributed by atoms with van der Waals surface area (Å²) in [6.07, 6.45) is 4.21. The van der Waals surface area contributed by atoms with Crippen LogP contribution in [0, 0.1) is 12.8 Å². The Morgan fingerprint density at radius 3 is 2.72 bits per heavy atom. The molecule has 2 heterocycles. The summed E-state index contributed by atoms with van der Waals surface area (Å²) in [6.45, 7) is 6.21. The van der Waals surface area contributed by atoms with E-state index in [9.17, 15) is 9.90 Å². The molecular formula is C24H28N2O3. The minimum absolute atomic E-state index is 0.265. The highest BCUT2D eigenvalue weighted by Crippen LogP contribution is 2.38. The first-order chi connectivity index (χ1) is 14.0. The average Bonchev–Trinajstić information content (AvgIpc) is 3.21. The third kappa shape index (κ3) is 3.75. The van der Waals surface area contributed by atoms with Crippen molar-refractivity contribution in [1.82, 2.24) is 9.88 Å². The molecule has 0 spiro atoms. The second-order valence-corrected chi connectivity index (χ2v) is 8.18. The average molecular weight is 392 g/mol. The molecule has 4 rings (SSSR count). The van der Waals surface area contributed by atoms with Crippen LogP contribution >= 0.6 is 0 Å². The monoisotopic (exact) mass is 392 g/mol. The van der Waals surface area contributed by atoms with Crippen LogP contribution in [0.15, 0.2) is 42.6 Å². The number of aromatic carboxylic acids is 1. The topological polar surface area (TPSA) is 65.6 Å². The third-order valence-corrected chi connectivity index (χ3v) is 6.21. The molecule has 2 N–H and O–H groups in total. The highest BCUT2D eigenvalue weighted by atomic mass is 16.5. The van der Waals surface area contributed by atoms with Crippen molar-refractivity contribution in [2.24, 2.45) is 5.92 Å². The number of H-pyrrole nitrogens is 1. The lowest BCUT2D eigenvalue weighted by molar-refractivity contribution is 0.0696. The summed E-state index contributed by atoms with van der Waals surface area (Å²) >= 11 is 0. The maximum atomic E-state index is 11.2. The number of hydrogen-bond acceptors (Lipinski definition) is 3. The number of fused-ring (bicyclic) bond motifs is 1. The molecule has 2 atom stereocenters. The molecule has 0 amide bonds. The van der Waals surface area contributed by atoms with E-state index in [1.54, 1.807) is 19.2 Å². The Morgan fingerprint density at radius 2 is 2.03 bits per heavy atom. The number of carboxylic acids is 1. The van der Waals surface area contributed by atoms with E-state index in [2.05, 4.69) is 35.9 Å². The SMILES string of the molecule is COc1cc(C)c2[nH]ccc2c1CN1CCC(C)CC1c1ccc(C(=O)O)cc1. The molecule has 0 bridgehead atoms. The van der Waals surface area contributed by atoms with Crippen LogP contribution < -0.4 is 4.74 Å². The van der Waals surface area contributed by atoms with E-state index in [1.807, 2.05) is 18.3 Å². The van der Waals surface area contributed by atoms with Crippen molar-refractivity contribution in [1.29, 1.82) is 0 Å². The zero-order chi connectivity index (χ0) is 20.5. The highest BCUT2D eigenvalue weighted by molar-refractivity contribution is 5.88. The summed E-state index contributed by atoms with van der Waals surface area (Å²) < 4.78 is 5.74. The number of nitrogens with one attached hydrogen (secondary N) is 1. The predicted octanol–water partition coefficient (Wildman–Crippen LogP) is 5.16. The van der Waals surface area contributed by atoms with Crippen molar-refractivity contribution in [3.63, 3.8) is 0 Å². The van der Waals surface area contributed by atoms with Gasteiger partial charge in [-0.1, -0.05) is 19.1 Å². The molecule has 1 saturated heterocycles. The number of piperidine rings is 1. The molecule has 1 aliphatic heterocycles. The van der Waals surface area contributed by atoms with Crippen LogP contribution in [0.1, 0.15) is 52.9 Å². The molecule has 0 aliphatic carbocycles. The van der Waals surface area contributed by atoms with Gasteiger partial charge in [0, 0.05) is 35.2 Å². The summed E-state index contributed by atoms with van der Waals surface area (Å²) in [5.74, 6) is 0.681. The molecule has 0 radical (unpaired) electrons. The van der Waals surface area contributed by atoms with E-state index in [1.165, 1.54) is 22.1 Å². The van der Waals surface area contributed by atoms with E-state index in [0.29, 0.717) is 11.5 Å². The molecule has 0 saturated carbocycles. The number of nitrogens with zero attached hydrogens (tertiary/aromatic N) is 1. The molecule has 152 valence electrons. The standard InChI is InChI=1S/C24H28N2O3/c1-15-9-11-26(21(12-15)17-4-6-18(7-5-17)24(27)28)14-20-19-8-10-25-23(19)16(2)13-22(20)29-3/h4-8,10,13,15,21,25H,9,11-12,14H2,1-3H3,(H,27,28). The van der Waals surface area contributed by atoms with Gasteiger partial charge in [-0.2, -0.15) is 0 Å². The van der Waals surface area contributed by atoms with Crippen LogP contribution in [-0.4, -0.2) is 34.6 Å². The van der Waals surface area contributed by atoms with Crippen molar-refractivity contribution in [3.8, 4) is 5.75 Å². The minimum Gasteiger partial charge on any atom is -0.496 e. The van der Waals surface area contributed by atoms with E-state index in [0.717, 1.165) is 37.2 Å². The number of aryl methyl sites for hydroxylation is 1. The number of aromatic nitrogens is 1. The fourth-order valence-corrected chi connectivity index (χ4v) is 4.56. The molecule has 2 aromatic carbocycles. The predicted molar refractivity (Wildman–Crippen MR) is 115 cm³/mol. The maximum Gasteiger partial charge on any atom is 0.335 e. The van der Waals surface area contributed by atoms with Gasteiger partial charge in [-0.05, 0) is 67.6 Å². The molecular weight excluding hydrogens is 364 g/mol. The zero-order valence-corrected chi connectivity index (χ0v) is 17.2. The Kier molecular flexibility index (Phi) is 5.33. The summed E-state index contributed by atoms with van der Waals surface area (Å²) in [5, 5.41) is 10.4. The van der Waals surface area contributed by atoms with E-state index in [4.69, 9.17) is 4.74 Å². The largest absolute Gasteiger partial charge is 0.496 e. The van der Waals surface area contributed by atoms with Crippen LogP contribution in [0.4, 0.5) is 0 Å². The molecule has 5 heteroatoms. The summed E-state index contributed by atoms with van der Waals surface area (Å²) in [5.41, 5.74) is 5.06. The second kappa shape index (κ2) is 7.91. The van der Waals surface area contributed by atoms with E-state index in [-0.39, 0.29) is 6.04 Å². The quantitative estimate of drug-likeness (QED) is 0.630. The number of ether oxygens (including phenoxy) is 1.